The third-order valence-corrected chi connectivity index (χ3v) is 9.41. The Morgan fingerprint density at radius 3 is 2.43 bits per heavy atom. The van der Waals surface area contributed by atoms with Crippen LogP contribution < -0.4 is 9.57 Å². The predicted molar refractivity (Wildman–Crippen MR) is 189 cm³/mol. The molecule has 2 aliphatic rings. The molecule has 2 N–H and O–H groups in total. The summed E-state index contributed by atoms with van der Waals surface area (Å²) in [6.45, 7) is -1.13. The highest BCUT2D eigenvalue weighted by Crippen LogP contribution is 2.40. The number of quaternary nitrogens is 1. The molecule has 0 fully saturated rings. The van der Waals surface area contributed by atoms with Gasteiger partial charge >= 0.3 is 12.9 Å². The third kappa shape index (κ3) is 7.28. The van der Waals surface area contributed by atoms with Crippen LogP contribution in [-0.4, -0.2) is 81.3 Å². The number of rotatable bonds is 13. The highest BCUT2D eigenvalue weighted by molar-refractivity contribution is 7.12. The van der Waals surface area contributed by atoms with Crippen molar-refractivity contribution in [3.05, 3.63) is 105 Å². The van der Waals surface area contributed by atoms with Gasteiger partial charge in [-0.05, 0) is 66.6 Å². The summed E-state index contributed by atoms with van der Waals surface area (Å²) in [4.78, 5) is 17.8. The number of ether oxygens (including phenoxy) is 1. The van der Waals surface area contributed by atoms with Gasteiger partial charge in [-0.15, -0.1) is 16.1 Å². The van der Waals surface area contributed by atoms with Gasteiger partial charge in [0.15, 0.2) is 11.4 Å². The maximum absolute atomic E-state index is 16.8. The molecule has 0 amide bonds. The molecule has 3 aromatic heterocycles. The van der Waals surface area contributed by atoms with Gasteiger partial charge in [-0.25, -0.2) is 4.79 Å². The van der Waals surface area contributed by atoms with E-state index in [4.69, 9.17) is 9.57 Å². The van der Waals surface area contributed by atoms with Crippen molar-refractivity contribution in [2.75, 3.05) is 34.3 Å². The monoisotopic (exact) mass is 689 g/mol. The number of aromatic nitrogens is 2. The lowest BCUT2D eigenvalue weighted by Gasteiger charge is -2.31. The Kier molecular flexibility index (Phi) is 9.41. The Morgan fingerprint density at radius 2 is 1.76 bits per heavy atom. The maximum atomic E-state index is 16.8. The van der Waals surface area contributed by atoms with Crippen LogP contribution in [0.15, 0.2) is 77.3 Å². The van der Waals surface area contributed by atoms with Crippen LogP contribution in [0.4, 0.5) is 8.63 Å². The molecule has 0 saturated heterocycles. The van der Waals surface area contributed by atoms with E-state index < -0.39 is 12.9 Å². The van der Waals surface area contributed by atoms with Crippen LogP contribution in [0.3, 0.4) is 0 Å². The van der Waals surface area contributed by atoms with Crippen LogP contribution >= 0.6 is 11.3 Å². The first-order chi connectivity index (χ1) is 23.3. The zero-order chi connectivity index (χ0) is 34.9. The van der Waals surface area contributed by atoms with Crippen molar-refractivity contribution in [1.82, 2.24) is 9.21 Å². The van der Waals surface area contributed by atoms with Crippen molar-refractivity contribution in [2.24, 2.45) is 0 Å². The lowest BCUT2D eigenvalue weighted by Crippen LogP contribution is -2.51. The first-order valence-electron chi connectivity index (χ1n) is 16.2. The van der Waals surface area contributed by atoms with E-state index in [0.717, 1.165) is 45.4 Å². The fraction of sp³-hybridized carbons (Fsp3) is 0.278. The second-order valence-corrected chi connectivity index (χ2v) is 14.3. The van der Waals surface area contributed by atoms with Crippen LogP contribution in [0.1, 0.15) is 53.1 Å². The first-order valence-corrected chi connectivity index (χ1v) is 17.1. The molecule has 0 bridgehead atoms. The van der Waals surface area contributed by atoms with Gasteiger partial charge < -0.3 is 41.9 Å². The molecule has 13 heteroatoms. The van der Waals surface area contributed by atoms with Gasteiger partial charge in [0.2, 0.25) is 11.8 Å². The average molecular weight is 690 g/mol. The molecular weight excluding hydrogens is 649 g/mol. The van der Waals surface area contributed by atoms with Crippen LogP contribution in [0.2, 0.25) is 0 Å². The number of hydrogen-bond donors (Lipinski definition) is 2. The molecule has 1 aromatic carbocycles. The Labute approximate surface area is 288 Å². The summed E-state index contributed by atoms with van der Waals surface area (Å²) >= 11 is 1.47. The molecule has 256 valence electrons. The number of fused-ring (bicyclic) bond motifs is 2. The van der Waals surface area contributed by atoms with Gasteiger partial charge in [0, 0.05) is 47.7 Å². The Bertz CT molecular complexity index is 1960. The molecule has 0 aliphatic carbocycles. The normalized spacial score (nSPS) is 15.3. The number of halogens is 2. The molecule has 0 saturated carbocycles. The van der Waals surface area contributed by atoms with Crippen LogP contribution in [0, 0.1) is 6.92 Å². The highest BCUT2D eigenvalue weighted by Gasteiger charge is 2.54. The summed E-state index contributed by atoms with van der Waals surface area (Å²) < 4.78 is 43.3. The summed E-state index contributed by atoms with van der Waals surface area (Å²) in [6.07, 6.45) is 9.40. The maximum Gasteiger partial charge on any atom is 0.737 e. The van der Waals surface area contributed by atoms with E-state index in [2.05, 4.69) is 21.1 Å². The fourth-order valence-electron chi connectivity index (χ4n) is 6.15. The summed E-state index contributed by atoms with van der Waals surface area (Å²) in [5, 5.41) is 21.1. The average Bonchev–Trinajstić information content (AvgIpc) is 3.83. The van der Waals surface area contributed by atoms with Gasteiger partial charge in [-0.1, -0.05) is 24.3 Å². The van der Waals surface area contributed by atoms with Crippen molar-refractivity contribution >= 4 is 48.2 Å². The van der Waals surface area contributed by atoms with E-state index in [1.54, 1.807) is 18.2 Å². The van der Waals surface area contributed by atoms with Gasteiger partial charge in [0.05, 0.1) is 45.6 Å². The molecule has 5 heterocycles. The largest absolute Gasteiger partial charge is 0.737 e. The van der Waals surface area contributed by atoms with E-state index in [0.29, 0.717) is 39.7 Å². The van der Waals surface area contributed by atoms with Crippen molar-refractivity contribution in [3.8, 4) is 17.5 Å². The van der Waals surface area contributed by atoms with Gasteiger partial charge in [0.25, 0.3) is 0 Å². The van der Waals surface area contributed by atoms with Gasteiger partial charge in [-0.2, -0.15) is 0 Å². The molecule has 49 heavy (non-hydrogen) atoms. The lowest BCUT2D eigenvalue weighted by atomic mass is 9.88. The minimum absolute atomic E-state index is 0.0136. The standard InChI is InChI=1S/C36H39BF2N4O5S/c1-25-22-28(14-11-26-12-15-29(16-13-26)47-20-6-10-36(46)48-42-34(44)17-18-35(42)45)40-30(25)24-31-27(8-5-19-43(2,3)4)23-32(33-9-7-21-49-33)41(31)37(40,38)39/h7,9,11-18,21-24H,5-6,8,10,19-20H2,1-4H3,(H-,44,45)/p+1. The number of nitrogens with zero attached hydrogens (tertiary/aromatic N) is 4. The third-order valence-electron chi connectivity index (χ3n) is 8.52. The molecule has 4 aromatic rings. The number of hydrogen-bond acceptors (Lipinski definition) is 6. The number of thiophene rings is 1. The first kappa shape index (κ1) is 34.0. The Morgan fingerprint density at radius 1 is 1.02 bits per heavy atom. The van der Waals surface area contributed by atoms with E-state index in [9.17, 15) is 15.0 Å². The van der Waals surface area contributed by atoms with Crippen LogP contribution in [0.25, 0.3) is 18.2 Å². The summed E-state index contributed by atoms with van der Waals surface area (Å²) in [5.41, 5.74) is 4.63. The summed E-state index contributed by atoms with van der Waals surface area (Å²) in [6, 6.07) is 15.2. The van der Waals surface area contributed by atoms with E-state index >= 15 is 8.63 Å². The van der Waals surface area contributed by atoms with E-state index in [1.165, 1.54) is 32.4 Å². The topological polar surface area (TPSA) is 88.9 Å². The minimum atomic E-state index is -4.19. The molecule has 2 aliphatic heterocycles. The summed E-state index contributed by atoms with van der Waals surface area (Å²) in [5.74, 6) is -0.815. The molecule has 0 radical (unpaired) electrons. The smallest absolute Gasteiger partial charge is 0.494 e. The predicted octanol–water partition coefficient (Wildman–Crippen LogP) is 6.56. The Hall–Kier alpha value is -4.88. The molecule has 6 rings (SSSR count). The Balaban J connectivity index is 1.15. The number of carbonyl (C=O) groups is 1. The zero-order valence-corrected chi connectivity index (χ0v) is 28.8. The quantitative estimate of drug-likeness (QED) is 0.0944. The number of carbonyl (C=O) groups excluding carboxylic acids is 1. The highest BCUT2D eigenvalue weighted by atomic mass is 32.1. The molecule has 0 unspecified atom stereocenters. The second-order valence-electron chi connectivity index (χ2n) is 13.3. The number of allylic oxidation sites excluding steroid dienone is 2. The lowest BCUT2D eigenvalue weighted by molar-refractivity contribution is -0.870. The van der Waals surface area contributed by atoms with E-state index in [1.807, 2.05) is 60.9 Å². The summed E-state index contributed by atoms with van der Waals surface area (Å²) in [7, 11) is 6.42. The van der Waals surface area contributed by atoms with Crippen molar-refractivity contribution in [3.63, 3.8) is 0 Å². The zero-order valence-electron chi connectivity index (χ0n) is 28.0. The van der Waals surface area contributed by atoms with Gasteiger partial charge in [0.1, 0.15) is 5.75 Å². The number of benzene rings is 1. The van der Waals surface area contributed by atoms with Gasteiger partial charge in [-0.3, -0.25) is 0 Å². The molecule has 9 nitrogen and oxygen atoms in total. The molecule has 0 atom stereocenters. The van der Waals surface area contributed by atoms with Crippen LogP contribution in [-0.2, 0) is 4.79 Å². The minimum Gasteiger partial charge on any atom is -0.494 e. The SMILES string of the molecule is Cc1cc(C=Cc2ccc(OCCCC(=O)On3c(O)ccc3O)cc2)n2c1C=C1C(CCC[N+](C)(C)C)=CC(c3cccs3)=[N+]1[B-]2(F)F. The fourth-order valence-corrected chi connectivity index (χ4v) is 6.89. The van der Waals surface area contributed by atoms with Crippen molar-refractivity contribution in [1.29, 1.82) is 0 Å². The van der Waals surface area contributed by atoms with Crippen molar-refractivity contribution < 1.29 is 42.2 Å². The molecule has 0 spiro atoms. The number of aryl methyl sites for hydroxylation is 1. The number of aromatic hydroxyl groups is 2. The van der Waals surface area contributed by atoms with Crippen molar-refractivity contribution in [2.45, 2.75) is 32.6 Å². The van der Waals surface area contributed by atoms with Crippen LogP contribution in [0.5, 0.6) is 17.5 Å². The molecular formula is C36H40BF2N4O5S+. The second kappa shape index (κ2) is 13.6. The van der Waals surface area contributed by atoms with E-state index in [-0.39, 0.29) is 24.8 Å².